The highest BCUT2D eigenvalue weighted by molar-refractivity contribution is 5.81. The normalized spacial score (nSPS) is 10.9. The van der Waals surface area contributed by atoms with Crippen LogP contribution in [-0.2, 0) is 19.1 Å². The number of azo groups is 1. The van der Waals surface area contributed by atoms with Crippen molar-refractivity contribution in [3.63, 3.8) is 0 Å². The molecule has 0 bridgehead atoms. The Morgan fingerprint density at radius 1 is 0.707 bits per heavy atom. The lowest BCUT2D eigenvalue weighted by atomic mass is 10.1. The van der Waals surface area contributed by atoms with E-state index in [4.69, 9.17) is 18.9 Å². The van der Waals surface area contributed by atoms with E-state index in [2.05, 4.69) is 72.6 Å². The lowest BCUT2D eigenvalue weighted by Gasteiger charge is -2.26. The van der Waals surface area contributed by atoms with Crippen LogP contribution in [-0.4, -0.2) is 56.4 Å². The number of carbonyl (C=O) groups is 2. The van der Waals surface area contributed by atoms with Crippen molar-refractivity contribution < 1.29 is 33.5 Å². The van der Waals surface area contributed by atoms with Crippen LogP contribution in [0.5, 0.6) is 11.5 Å². The second-order valence-electron chi connectivity index (χ2n) is 13.9. The van der Waals surface area contributed by atoms with E-state index in [1.54, 1.807) is 12.1 Å². The molecule has 0 spiro atoms. The van der Waals surface area contributed by atoms with Crippen LogP contribution in [0.3, 0.4) is 0 Å². The highest BCUT2D eigenvalue weighted by Gasteiger charge is 2.16. The summed E-state index contributed by atoms with van der Waals surface area (Å²) in [4.78, 5) is 36.5. The fraction of sp³-hybridized carbons (Fsp3) is 0.467. The first-order valence-corrected chi connectivity index (χ1v) is 20.5. The Balaban J connectivity index is 1.94. The summed E-state index contributed by atoms with van der Waals surface area (Å²) in [6, 6.07) is 15.4. The van der Waals surface area contributed by atoms with Gasteiger partial charge in [0.15, 0.2) is 0 Å². The summed E-state index contributed by atoms with van der Waals surface area (Å²) in [5, 5.41) is 23.3. The zero-order chi connectivity index (χ0) is 42.0. The molecule has 0 radical (unpaired) electrons. The number of esters is 2. The van der Waals surface area contributed by atoms with Gasteiger partial charge in [-0.1, -0.05) is 91.2 Å². The van der Waals surface area contributed by atoms with E-state index in [0.717, 1.165) is 49.3 Å². The van der Waals surface area contributed by atoms with Crippen molar-refractivity contribution in [1.29, 1.82) is 0 Å². The van der Waals surface area contributed by atoms with Crippen molar-refractivity contribution in [3.05, 3.63) is 95.6 Å². The van der Waals surface area contributed by atoms with Crippen LogP contribution < -0.4 is 19.7 Å². The van der Waals surface area contributed by atoms with Crippen LogP contribution in [0.2, 0.25) is 0 Å². The average molecular weight is 800 g/mol. The summed E-state index contributed by atoms with van der Waals surface area (Å²) in [6.45, 7) is 15.4. The molecule has 3 aromatic rings. The number of nitro benzene ring substituents is 1. The Morgan fingerprint density at radius 2 is 1.26 bits per heavy atom. The summed E-state index contributed by atoms with van der Waals surface area (Å²) in [7, 11) is 0. The predicted molar refractivity (Wildman–Crippen MR) is 230 cm³/mol. The zero-order valence-electron chi connectivity index (χ0n) is 34.5. The molecule has 3 aromatic carbocycles. The number of nitrogens with one attached hydrogen (secondary N) is 1. The van der Waals surface area contributed by atoms with E-state index in [1.807, 2.05) is 0 Å². The first kappa shape index (κ1) is 46.7. The SMILES string of the molecule is C=CC(=O)OCCOc1cc(Nc2ccc(N(CCCCCCCC)CCCCCCCC)cc2C)c(OCCOC(=O)C=C)cc1/N=N/c1ccc([N+](=O)[O-])cc1. The standard InChI is InChI=1S/C45H61N5O8/c1-6-10-12-14-16-18-26-49(27-19-17-15-13-11-7-2)38-24-25-39(35(5)32-38)46-40-33-43(56-29-31-58-45(52)9-4)41(34-42(40)55-28-30-57-44(51)8-3)48-47-36-20-22-37(23-21-36)50(53)54/h8-9,20-25,32-34,46H,3-4,6-7,10-19,26-31H2,1-2,5H3/b48-47+. The smallest absolute Gasteiger partial charge is 0.330 e. The second kappa shape index (κ2) is 27.0. The number of aryl methyl sites for hydroxylation is 1. The minimum absolute atomic E-state index is 0.00243. The number of non-ortho nitro benzene ring substituents is 1. The molecule has 58 heavy (non-hydrogen) atoms. The summed E-state index contributed by atoms with van der Waals surface area (Å²) in [5.74, 6) is -0.486. The fourth-order valence-corrected chi connectivity index (χ4v) is 6.08. The minimum atomic E-state index is -0.582. The second-order valence-corrected chi connectivity index (χ2v) is 13.9. The number of hydrogen-bond donors (Lipinski definition) is 1. The number of carbonyl (C=O) groups excluding carboxylic acids is 2. The lowest BCUT2D eigenvalue weighted by molar-refractivity contribution is -0.384. The molecular formula is C45H61N5O8. The van der Waals surface area contributed by atoms with E-state index < -0.39 is 16.9 Å². The molecule has 314 valence electrons. The van der Waals surface area contributed by atoms with Crippen LogP contribution >= 0.6 is 0 Å². The van der Waals surface area contributed by atoms with Gasteiger partial charge in [0.05, 0.1) is 16.3 Å². The third-order valence-corrected chi connectivity index (χ3v) is 9.31. The van der Waals surface area contributed by atoms with Crippen molar-refractivity contribution in [3.8, 4) is 11.5 Å². The Labute approximate surface area is 343 Å². The largest absolute Gasteiger partial charge is 0.488 e. The first-order valence-electron chi connectivity index (χ1n) is 20.5. The summed E-state index contributed by atoms with van der Waals surface area (Å²) >= 11 is 0. The van der Waals surface area contributed by atoms with Crippen LogP contribution in [0.1, 0.15) is 96.5 Å². The van der Waals surface area contributed by atoms with Crippen molar-refractivity contribution in [2.24, 2.45) is 10.2 Å². The average Bonchev–Trinajstić information content (AvgIpc) is 3.23. The number of unbranched alkanes of at least 4 members (excludes halogenated alkanes) is 10. The summed E-state index contributed by atoms with van der Waals surface area (Å²) in [6.07, 6.45) is 17.1. The molecular weight excluding hydrogens is 739 g/mol. The maximum Gasteiger partial charge on any atom is 0.330 e. The van der Waals surface area contributed by atoms with Crippen LogP contribution in [0.4, 0.5) is 34.1 Å². The molecule has 13 heteroatoms. The van der Waals surface area contributed by atoms with Gasteiger partial charge in [0, 0.05) is 60.9 Å². The molecule has 0 heterocycles. The van der Waals surface area contributed by atoms with Crippen molar-refractivity contribution >= 4 is 46.1 Å². The third kappa shape index (κ3) is 17.2. The Morgan fingerprint density at radius 3 is 1.79 bits per heavy atom. The molecule has 1 N–H and O–H groups in total. The van der Waals surface area contributed by atoms with Gasteiger partial charge in [0.1, 0.15) is 43.6 Å². The number of nitro groups is 1. The molecule has 0 unspecified atom stereocenters. The minimum Gasteiger partial charge on any atom is -0.488 e. The van der Waals surface area contributed by atoms with Gasteiger partial charge in [-0.05, 0) is 55.7 Å². The molecule has 0 saturated carbocycles. The van der Waals surface area contributed by atoms with E-state index in [0.29, 0.717) is 22.9 Å². The Kier molecular flexibility index (Phi) is 21.7. The third-order valence-electron chi connectivity index (χ3n) is 9.31. The topological polar surface area (TPSA) is 154 Å². The monoisotopic (exact) mass is 799 g/mol. The van der Waals surface area contributed by atoms with Crippen molar-refractivity contribution in [2.45, 2.75) is 97.8 Å². The Hall–Kier alpha value is -5.72. The molecule has 13 nitrogen and oxygen atoms in total. The zero-order valence-corrected chi connectivity index (χ0v) is 34.5. The summed E-state index contributed by atoms with van der Waals surface area (Å²) < 4.78 is 22.4. The fourth-order valence-electron chi connectivity index (χ4n) is 6.08. The van der Waals surface area contributed by atoms with Gasteiger partial charge < -0.3 is 29.2 Å². The van der Waals surface area contributed by atoms with Gasteiger partial charge in [-0.2, -0.15) is 5.11 Å². The van der Waals surface area contributed by atoms with Crippen molar-refractivity contribution in [2.75, 3.05) is 49.7 Å². The van der Waals surface area contributed by atoms with Gasteiger partial charge >= 0.3 is 11.9 Å². The molecule has 3 rings (SSSR count). The maximum atomic E-state index is 11.7. The van der Waals surface area contributed by atoms with Gasteiger partial charge in [-0.3, -0.25) is 10.1 Å². The number of benzene rings is 3. The number of ether oxygens (including phenoxy) is 4. The quantitative estimate of drug-likeness (QED) is 0.0172. The molecule has 0 aliphatic heterocycles. The number of anilines is 3. The molecule has 0 atom stereocenters. The van der Waals surface area contributed by atoms with Crippen LogP contribution in [0.15, 0.2) is 90.1 Å². The summed E-state index contributed by atoms with van der Waals surface area (Å²) in [5.41, 5.74) is 4.16. The number of nitrogens with zero attached hydrogens (tertiary/aromatic N) is 4. The van der Waals surface area contributed by atoms with E-state index >= 15 is 0 Å². The van der Waals surface area contributed by atoms with Gasteiger partial charge in [0.25, 0.3) is 5.69 Å². The van der Waals surface area contributed by atoms with E-state index in [1.165, 1.54) is 94.2 Å². The van der Waals surface area contributed by atoms with Gasteiger partial charge in [-0.25, -0.2) is 9.59 Å². The predicted octanol–water partition coefficient (Wildman–Crippen LogP) is 11.8. The van der Waals surface area contributed by atoms with Gasteiger partial charge in [0.2, 0.25) is 0 Å². The van der Waals surface area contributed by atoms with Gasteiger partial charge in [-0.15, -0.1) is 5.11 Å². The van der Waals surface area contributed by atoms with E-state index in [-0.39, 0.29) is 37.8 Å². The Bertz CT molecular complexity index is 1760. The lowest BCUT2D eigenvalue weighted by Crippen LogP contribution is -2.25. The molecule has 0 aromatic heterocycles. The molecule has 0 amide bonds. The number of rotatable bonds is 30. The van der Waals surface area contributed by atoms with E-state index in [9.17, 15) is 19.7 Å². The highest BCUT2D eigenvalue weighted by atomic mass is 16.6. The highest BCUT2D eigenvalue weighted by Crippen LogP contribution is 2.41. The molecule has 0 aliphatic carbocycles. The first-order chi connectivity index (χ1) is 28.2. The van der Waals surface area contributed by atoms with Crippen LogP contribution in [0, 0.1) is 17.0 Å². The molecule has 0 aliphatic rings. The maximum absolute atomic E-state index is 11.7. The molecule has 0 saturated heterocycles. The van der Waals surface area contributed by atoms with Crippen LogP contribution in [0.25, 0.3) is 0 Å². The molecule has 0 fully saturated rings. The van der Waals surface area contributed by atoms with Crippen molar-refractivity contribution in [1.82, 2.24) is 0 Å². The number of hydrogen-bond acceptors (Lipinski definition) is 12.